The first-order valence-corrected chi connectivity index (χ1v) is 11.4. The average molecular weight is 433 g/mol. The molecule has 0 aliphatic rings. The Morgan fingerprint density at radius 3 is 2.30 bits per heavy atom. The third-order valence-corrected chi connectivity index (χ3v) is 6.00. The van der Waals surface area contributed by atoms with E-state index in [1.807, 2.05) is 18.2 Å². The summed E-state index contributed by atoms with van der Waals surface area (Å²) in [7, 11) is 0. The smallest absolute Gasteiger partial charge is 0.121 e. The zero-order valence-corrected chi connectivity index (χ0v) is 18.7. The van der Waals surface area contributed by atoms with Crippen LogP contribution in [0.25, 0.3) is 33.4 Å². The first-order valence-electron chi connectivity index (χ1n) is 11.4. The molecule has 0 saturated heterocycles. The van der Waals surface area contributed by atoms with Gasteiger partial charge in [0.15, 0.2) is 0 Å². The fourth-order valence-corrected chi connectivity index (χ4v) is 4.36. The standard InChI is InChI=1S/C29H28N4/c1-2-18-33(19-17-24-20-30-26-16-10-9-15-25(24)26)21-27-31-28(22-11-5-3-6-12-22)29(32-27)23-13-7-4-8-14-23/h2-16,20,30H,1,17-19,21H2,(H,31,32). The maximum atomic E-state index is 5.04. The molecule has 0 fully saturated rings. The van der Waals surface area contributed by atoms with Crippen molar-refractivity contribution in [1.29, 1.82) is 0 Å². The molecule has 0 aliphatic carbocycles. The minimum atomic E-state index is 0.737. The molecule has 2 aromatic heterocycles. The predicted octanol–water partition coefficient (Wildman–Crippen LogP) is 6.46. The highest BCUT2D eigenvalue weighted by Crippen LogP contribution is 2.30. The topological polar surface area (TPSA) is 47.7 Å². The van der Waals surface area contributed by atoms with Gasteiger partial charge in [-0.2, -0.15) is 0 Å². The molecule has 33 heavy (non-hydrogen) atoms. The Balaban J connectivity index is 1.40. The van der Waals surface area contributed by atoms with Crippen LogP contribution in [0.5, 0.6) is 0 Å². The molecule has 0 unspecified atom stereocenters. The van der Waals surface area contributed by atoms with Crippen molar-refractivity contribution in [1.82, 2.24) is 19.9 Å². The van der Waals surface area contributed by atoms with Gasteiger partial charge in [-0.25, -0.2) is 4.98 Å². The summed E-state index contributed by atoms with van der Waals surface area (Å²) in [5.74, 6) is 0.966. The molecular weight excluding hydrogens is 404 g/mol. The zero-order chi connectivity index (χ0) is 22.5. The van der Waals surface area contributed by atoms with Crippen LogP contribution >= 0.6 is 0 Å². The first-order chi connectivity index (χ1) is 16.3. The lowest BCUT2D eigenvalue weighted by Crippen LogP contribution is -2.26. The van der Waals surface area contributed by atoms with Crippen LogP contribution in [-0.2, 0) is 13.0 Å². The summed E-state index contributed by atoms with van der Waals surface area (Å²) >= 11 is 0. The molecule has 4 heteroatoms. The lowest BCUT2D eigenvalue weighted by Gasteiger charge is -2.19. The summed E-state index contributed by atoms with van der Waals surface area (Å²) < 4.78 is 0. The number of aromatic amines is 2. The van der Waals surface area contributed by atoms with Gasteiger partial charge in [0, 0.05) is 41.3 Å². The van der Waals surface area contributed by atoms with Crippen molar-refractivity contribution in [2.75, 3.05) is 13.1 Å². The van der Waals surface area contributed by atoms with Gasteiger partial charge < -0.3 is 9.97 Å². The Kier molecular flexibility index (Phi) is 6.18. The molecule has 0 spiro atoms. The molecule has 164 valence electrons. The summed E-state index contributed by atoms with van der Waals surface area (Å²) in [6.45, 7) is 6.45. The van der Waals surface area contributed by atoms with Crippen LogP contribution in [-0.4, -0.2) is 32.9 Å². The van der Waals surface area contributed by atoms with Crippen LogP contribution in [0.1, 0.15) is 11.4 Å². The average Bonchev–Trinajstić information content (AvgIpc) is 3.48. The van der Waals surface area contributed by atoms with Crippen molar-refractivity contribution in [3.8, 4) is 22.5 Å². The Bertz CT molecular complexity index is 1280. The molecule has 3 aromatic carbocycles. The van der Waals surface area contributed by atoms with E-state index in [-0.39, 0.29) is 0 Å². The van der Waals surface area contributed by atoms with Gasteiger partial charge in [-0.1, -0.05) is 84.9 Å². The number of nitrogens with zero attached hydrogens (tertiary/aromatic N) is 2. The molecule has 0 bridgehead atoms. The number of aromatic nitrogens is 3. The molecule has 2 N–H and O–H groups in total. The van der Waals surface area contributed by atoms with Gasteiger partial charge in [0.1, 0.15) is 5.82 Å². The predicted molar refractivity (Wildman–Crippen MR) is 137 cm³/mol. The highest BCUT2D eigenvalue weighted by Gasteiger charge is 2.16. The molecule has 5 aromatic rings. The number of H-pyrrole nitrogens is 2. The molecular formula is C29H28N4. The monoisotopic (exact) mass is 432 g/mol. The summed E-state index contributed by atoms with van der Waals surface area (Å²) in [5, 5.41) is 1.30. The number of benzene rings is 3. The van der Waals surface area contributed by atoms with Crippen LogP contribution in [0.3, 0.4) is 0 Å². The van der Waals surface area contributed by atoms with E-state index in [4.69, 9.17) is 4.98 Å². The maximum Gasteiger partial charge on any atom is 0.121 e. The molecule has 5 rings (SSSR count). The molecule has 0 amide bonds. The lowest BCUT2D eigenvalue weighted by molar-refractivity contribution is 0.292. The van der Waals surface area contributed by atoms with Crippen molar-refractivity contribution in [2.45, 2.75) is 13.0 Å². The first kappa shape index (κ1) is 21.0. The van der Waals surface area contributed by atoms with E-state index in [1.54, 1.807) is 0 Å². The number of imidazole rings is 1. The van der Waals surface area contributed by atoms with Crippen LogP contribution in [0.4, 0.5) is 0 Å². The number of nitrogens with one attached hydrogen (secondary N) is 2. The normalized spacial score (nSPS) is 11.3. The van der Waals surface area contributed by atoms with Crippen molar-refractivity contribution in [3.63, 3.8) is 0 Å². The number of hydrogen-bond acceptors (Lipinski definition) is 2. The zero-order valence-electron chi connectivity index (χ0n) is 18.7. The van der Waals surface area contributed by atoms with E-state index >= 15 is 0 Å². The van der Waals surface area contributed by atoms with Crippen LogP contribution in [0, 0.1) is 0 Å². The van der Waals surface area contributed by atoms with Gasteiger partial charge >= 0.3 is 0 Å². The van der Waals surface area contributed by atoms with E-state index in [2.05, 4.69) is 100 Å². The highest BCUT2D eigenvalue weighted by molar-refractivity contribution is 5.83. The SMILES string of the molecule is C=CCN(CCc1c[nH]c2ccccc12)Cc1nc(-c2ccccc2)c(-c2ccccc2)[nH]1. The second kappa shape index (κ2) is 9.72. The summed E-state index contributed by atoms with van der Waals surface area (Å²) in [6, 6.07) is 29.3. The minimum absolute atomic E-state index is 0.737. The molecule has 0 atom stereocenters. The summed E-state index contributed by atoms with van der Waals surface area (Å²) in [6.07, 6.45) is 5.06. The third kappa shape index (κ3) is 4.66. The van der Waals surface area contributed by atoms with Crippen LogP contribution in [0.15, 0.2) is 104 Å². The Morgan fingerprint density at radius 1 is 0.848 bits per heavy atom. The van der Waals surface area contributed by atoms with E-state index in [0.29, 0.717) is 0 Å². The molecule has 2 heterocycles. The highest BCUT2D eigenvalue weighted by atomic mass is 15.1. The fourth-order valence-electron chi connectivity index (χ4n) is 4.36. The van der Waals surface area contributed by atoms with E-state index in [1.165, 1.54) is 16.5 Å². The van der Waals surface area contributed by atoms with E-state index < -0.39 is 0 Å². The maximum absolute atomic E-state index is 5.04. The van der Waals surface area contributed by atoms with Crippen LogP contribution < -0.4 is 0 Å². The number of para-hydroxylation sites is 1. The number of hydrogen-bond donors (Lipinski definition) is 2. The molecule has 4 nitrogen and oxygen atoms in total. The summed E-state index contributed by atoms with van der Waals surface area (Å²) in [4.78, 5) is 14.4. The van der Waals surface area contributed by atoms with Crippen molar-refractivity contribution in [2.24, 2.45) is 0 Å². The van der Waals surface area contributed by atoms with Crippen molar-refractivity contribution >= 4 is 10.9 Å². The lowest BCUT2D eigenvalue weighted by atomic mass is 10.1. The summed E-state index contributed by atoms with van der Waals surface area (Å²) in [5.41, 5.74) is 6.85. The molecule has 0 radical (unpaired) electrons. The van der Waals surface area contributed by atoms with Gasteiger partial charge in [0.2, 0.25) is 0 Å². The second-order valence-electron chi connectivity index (χ2n) is 8.27. The second-order valence-corrected chi connectivity index (χ2v) is 8.27. The Hall–Kier alpha value is -3.89. The van der Waals surface area contributed by atoms with E-state index in [9.17, 15) is 0 Å². The van der Waals surface area contributed by atoms with Crippen molar-refractivity contribution < 1.29 is 0 Å². The Labute approximate surface area is 194 Å². The number of fused-ring (bicyclic) bond motifs is 1. The molecule has 0 saturated carbocycles. The molecule has 0 aliphatic heterocycles. The van der Waals surface area contributed by atoms with Crippen molar-refractivity contribution in [3.05, 3.63) is 115 Å². The quantitative estimate of drug-likeness (QED) is 0.263. The van der Waals surface area contributed by atoms with Crippen LogP contribution in [0.2, 0.25) is 0 Å². The minimum Gasteiger partial charge on any atom is -0.361 e. The largest absolute Gasteiger partial charge is 0.361 e. The number of rotatable bonds is 9. The van der Waals surface area contributed by atoms with Gasteiger partial charge in [0.05, 0.1) is 17.9 Å². The van der Waals surface area contributed by atoms with Gasteiger partial charge in [-0.05, 0) is 18.1 Å². The third-order valence-electron chi connectivity index (χ3n) is 6.00. The van der Waals surface area contributed by atoms with E-state index in [0.717, 1.165) is 54.4 Å². The Morgan fingerprint density at radius 2 is 1.55 bits per heavy atom. The van der Waals surface area contributed by atoms with Gasteiger partial charge in [-0.3, -0.25) is 4.90 Å². The fraction of sp³-hybridized carbons (Fsp3) is 0.138. The van der Waals surface area contributed by atoms with Gasteiger partial charge in [0.25, 0.3) is 0 Å². The van der Waals surface area contributed by atoms with Gasteiger partial charge in [-0.15, -0.1) is 6.58 Å².